The molecule has 0 fully saturated rings. The zero-order chi connectivity index (χ0) is 20.9. The van der Waals surface area contributed by atoms with Gasteiger partial charge in [-0.1, -0.05) is 11.8 Å². The fraction of sp³-hybridized carbons (Fsp3) is 0.444. The van der Waals surface area contributed by atoms with E-state index in [1.165, 1.54) is 23.9 Å². The number of amides is 2. The minimum Gasteiger partial charge on any atom is -0.444 e. The van der Waals surface area contributed by atoms with E-state index in [9.17, 15) is 14.0 Å². The van der Waals surface area contributed by atoms with E-state index in [1.807, 2.05) is 18.4 Å². The van der Waals surface area contributed by atoms with Crippen molar-refractivity contribution in [1.29, 1.82) is 0 Å². The van der Waals surface area contributed by atoms with E-state index in [0.29, 0.717) is 5.16 Å². The molecular formula is C18H24FN5O3S. The number of hydrogen-bond acceptors (Lipinski definition) is 6. The first-order valence-corrected chi connectivity index (χ1v) is 9.65. The highest BCUT2D eigenvalue weighted by Crippen LogP contribution is 2.25. The molecule has 0 aliphatic rings. The summed E-state index contributed by atoms with van der Waals surface area (Å²) in [5.74, 6) is -0.869. The van der Waals surface area contributed by atoms with E-state index in [-0.39, 0.29) is 29.1 Å². The molecule has 1 aromatic carbocycles. The molecule has 2 aromatic rings. The number of ether oxygens (including phenoxy) is 1. The molecule has 2 rings (SSSR count). The van der Waals surface area contributed by atoms with Crippen LogP contribution in [0.4, 0.5) is 20.6 Å². The maximum absolute atomic E-state index is 13.6. The van der Waals surface area contributed by atoms with Crippen molar-refractivity contribution in [1.82, 2.24) is 14.8 Å². The Labute approximate surface area is 167 Å². The molecule has 0 unspecified atom stereocenters. The first kappa shape index (κ1) is 21.7. The molecule has 1 heterocycles. The fourth-order valence-electron chi connectivity index (χ4n) is 2.15. The summed E-state index contributed by atoms with van der Waals surface area (Å²) in [6.45, 7) is 9.15. The van der Waals surface area contributed by atoms with Crippen molar-refractivity contribution < 1.29 is 18.7 Å². The van der Waals surface area contributed by atoms with Crippen LogP contribution in [0, 0.1) is 5.82 Å². The predicted octanol–water partition coefficient (Wildman–Crippen LogP) is 4.08. The van der Waals surface area contributed by atoms with Crippen LogP contribution in [0.2, 0.25) is 0 Å². The number of carbonyl (C=O) groups is 2. The Bertz CT molecular complexity index is 848. The van der Waals surface area contributed by atoms with Crippen LogP contribution in [0.1, 0.15) is 40.7 Å². The summed E-state index contributed by atoms with van der Waals surface area (Å²) in [4.78, 5) is 24.3. The van der Waals surface area contributed by atoms with Crippen molar-refractivity contribution in [2.75, 3.05) is 16.4 Å². The van der Waals surface area contributed by atoms with Gasteiger partial charge >= 0.3 is 6.09 Å². The van der Waals surface area contributed by atoms with Crippen molar-refractivity contribution in [3.8, 4) is 0 Å². The van der Waals surface area contributed by atoms with Crippen molar-refractivity contribution in [2.24, 2.45) is 0 Å². The zero-order valence-electron chi connectivity index (χ0n) is 16.4. The van der Waals surface area contributed by atoms with Crippen LogP contribution in [0.15, 0.2) is 29.7 Å². The largest absolute Gasteiger partial charge is 0.444 e. The van der Waals surface area contributed by atoms with Gasteiger partial charge in [0.25, 0.3) is 0 Å². The predicted molar refractivity (Wildman–Crippen MR) is 106 cm³/mol. The van der Waals surface area contributed by atoms with E-state index in [2.05, 4.69) is 20.8 Å². The zero-order valence-corrected chi connectivity index (χ0v) is 17.3. The highest BCUT2D eigenvalue weighted by Gasteiger charge is 2.18. The Hall–Kier alpha value is -2.62. The number of anilines is 2. The number of benzene rings is 1. The van der Waals surface area contributed by atoms with E-state index in [4.69, 9.17) is 4.74 Å². The third-order valence-electron chi connectivity index (χ3n) is 3.32. The summed E-state index contributed by atoms with van der Waals surface area (Å²) < 4.78 is 20.7. The van der Waals surface area contributed by atoms with Gasteiger partial charge in [0.05, 0.1) is 17.1 Å². The molecule has 10 heteroatoms. The molecule has 8 nitrogen and oxygen atoms in total. The lowest BCUT2D eigenvalue weighted by Gasteiger charge is -2.20. The maximum atomic E-state index is 13.6. The molecule has 0 saturated heterocycles. The second-order valence-electron chi connectivity index (χ2n) is 7.27. The summed E-state index contributed by atoms with van der Waals surface area (Å²) in [7, 11) is 0. The third kappa shape index (κ3) is 6.52. The molecule has 2 N–H and O–H groups in total. The lowest BCUT2D eigenvalue weighted by Crippen LogP contribution is -2.27. The van der Waals surface area contributed by atoms with Crippen LogP contribution in [-0.4, -0.2) is 38.1 Å². The van der Waals surface area contributed by atoms with Crippen LogP contribution in [0.3, 0.4) is 0 Å². The molecule has 152 valence electrons. The summed E-state index contributed by atoms with van der Waals surface area (Å²) in [5.41, 5.74) is -0.308. The van der Waals surface area contributed by atoms with Crippen molar-refractivity contribution >= 4 is 35.1 Å². The molecule has 0 atom stereocenters. The highest BCUT2D eigenvalue weighted by atomic mass is 32.2. The summed E-state index contributed by atoms with van der Waals surface area (Å²) in [6, 6.07) is 3.83. The van der Waals surface area contributed by atoms with Crippen LogP contribution >= 0.6 is 11.8 Å². The van der Waals surface area contributed by atoms with Gasteiger partial charge < -0.3 is 14.6 Å². The van der Waals surface area contributed by atoms with Gasteiger partial charge in [-0.2, -0.15) is 0 Å². The van der Waals surface area contributed by atoms with Crippen LogP contribution < -0.4 is 10.6 Å². The molecule has 0 aliphatic carbocycles. The summed E-state index contributed by atoms with van der Waals surface area (Å²) >= 11 is 1.21. The fourth-order valence-corrected chi connectivity index (χ4v) is 2.99. The number of nitrogens with zero attached hydrogens (tertiary/aromatic N) is 3. The maximum Gasteiger partial charge on any atom is 0.412 e. The number of halogens is 1. The van der Waals surface area contributed by atoms with Gasteiger partial charge in [0.15, 0.2) is 5.16 Å². The number of hydrogen-bond donors (Lipinski definition) is 2. The Balaban J connectivity index is 2.04. The number of rotatable bonds is 6. The minimum atomic E-state index is -0.700. The van der Waals surface area contributed by atoms with E-state index in [0.717, 1.165) is 6.07 Å². The summed E-state index contributed by atoms with van der Waals surface area (Å²) in [5, 5.41) is 13.6. The first-order valence-electron chi connectivity index (χ1n) is 8.67. The molecule has 0 aliphatic heterocycles. The molecule has 0 bridgehead atoms. The van der Waals surface area contributed by atoms with Gasteiger partial charge in [0.1, 0.15) is 17.7 Å². The van der Waals surface area contributed by atoms with Gasteiger partial charge in [-0.25, -0.2) is 9.18 Å². The van der Waals surface area contributed by atoms with Gasteiger partial charge in [-0.15, -0.1) is 10.2 Å². The normalized spacial score (nSPS) is 11.4. The topological polar surface area (TPSA) is 98.1 Å². The third-order valence-corrected chi connectivity index (χ3v) is 4.28. The van der Waals surface area contributed by atoms with Crippen LogP contribution in [-0.2, 0) is 9.53 Å². The van der Waals surface area contributed by atoms with Crippen LogP contribution in [0.5, 0.6) is 0 Å². The molecule has 0 radical (unpaired) electrons. The Morgan fingerprint density at radius 2 is 1.96 bits per heavy atom. The Morgan fingerprint density at radius 1 is 1.25 bits per heavy atom. The van der Waals surface area contributed by atoms with E-state index in [1.54, 1.807) is 27.1 Å². The number of aromatic nitrogens is 3. The minimum absolute atomic E-state index is 0.0494. The van der Waals surface area contributed by atoms with Gasteiger partial charge in [0.2, 0.25) is 5.91 Å². The first-order chi connectivity index (χ1) is 13.0. The Morgan fingerprint density at radius 3 is 2.61 bits per heavy atom. The number of carbonyl (C=O) groups excluding carboxylic acids is 2. The molecule has 0 spiro atoms. The monoisotopic (exact) mass is 409 g/mol. The quantitative estimate of drug-likeness (QED) is 0.698. The van der Waals surface area contributed by atoms with Crippen molar-refractivity contribution in [3.63, 3.8) is 0 Å². The molecular weight excluding hydrogens is 385 g/mol. The number of nitrogens with one attached hydrogen (secondary N) is 2. The van der Waals surface area contributed by atoms with Crippen molar-refractivity contribution in [3.05, 3.63) is 30.3 Å². The smallest absolute Gasteiger partial charge is 0.412 e. The lowest BCUT2D eigenvalue weighted by molar-refractivity contribution is -0.113. The second-order valence-corrected chi connectivity index (χ2v) is 8.21. The highest BCUT2D eigenvalue weighted by molar-refractivity contribution is 7.99. The Kier molecular flexibility index (Phi) is 7.00. The van der Waals surface area contributed by atoms with Gasteiger partial charge in [0, 0.05) is 6.04 Å². The SMILES string of the molecule is CC(C)n1cnnc1SCC(=O)Nc1cc(F)ccc1NC(=O)OC(C)(C)C. The second kappa shape index (κ2) is 9.05. The molecule has 2 amide bonds. The van der Waals surface area contributed by atoms with Gasteiger partial charge in [-0.3, -0.25) is 10.1 Å². The number of thioether (sulfide) groups is 1. The standard InChI is InChI=1S/C18H24FN5O3S/c1-11(2)24-10-20-23-16(24)28-9-15(25)21-14-8-12(19)6-7-13(14)22-17(26)27-18(3,4)5/h6-8,10-11H,9H2,1-5H3,(H,21,25)(H,22,26). The average Bonchev–Trinajstić information content (AvgIpc) is 3.02. The van der Waals surface area contributed by atoms with Crippen molar-refractivity contribution in [2.45, 2.75) is 51.4 Å². The molecule has 28 heavy (non-hydrogen) atoms. The van der Waals surface area contributed by atoms with Gasteiger partial charge in [-0.05, 0) is 52.8 Å². The average molecular weight is 409 g/mol. The van der Waals surface area contributed by atoms with E-state index >= 15 is 0 Å². The summed E-state index contributed by atoms with van der Waals surface area (Å²) in [6.07, 6.45) is 0.898. The molecule has 1 aromatic heterocycles. The van der Waals surface area contributed by atoms with Crippen LogP contribution in [0.25, 0.3) is 0 Å². The lowest BCUT2D eigenvalue weighted by atomic mass is 10.2. The van der Waals surface area contributed by atoms with E-state index < -0.39 is 17.5 Å². The molecule has 0 saturated carbocycles.